The Morgan fingerprint density at radius 1 is 1.08 bits per heavy atom. The Bertz CT molecular complexity index is 895. The number of hydrogen-bond donors (Lipinski definition) is 2. The smallest absolute Gasteiger partial charge is 0.251 e. The topological polar surface area (TPSA) is 72.5 Å². The van der Waals surface area contributed by atoms with Gasteiger partial charge in [-0.25, -0.2) is 0 Å². The zero-order valence-electron chi connectivity index (χ0n) is 14.7. The third-order valence-electron chi connectivity index (χ3n) is 3.95. The van der Waals surface area contributed by atoms with Gasteiger partial charge in [0.2, 0.25) is 0 Å². The van der Waals surface area contributed by atoms with Gasteiger partial charge in [0.15, 0.2) is 11.5 Å². The second-order valence-corrected chi connectivity index (χ2v) is 6.44. The number of nitrogens with zero attached hydrogens (tertiary/aromatic N) is 1. The number of benzene rings is 2. The minimum absolute atomic E-state index is 0.134. The molecule has 1 amide bonds. The first-order valence-corrected chi connectivity index (χ1v) is 9.09. The van der Waals surface area contributed by atoms with E-state index in [-0.39, 0.29) is 5.91 Å². The third-order valence-corrected chi connectivity index (χ3v) is 4.78. The summed E-state index contributed by atoms with van der Waals surface area (Å²) in [5.74, 6) is 1.91. The second-order valence-electron chi connectivity index (χ2n) is 5.63. The van der Waals surface area contributed by atoms with E-state index in [4.69, 9.17) is 9.47 Å². The first-order chi connectivity index (χ1) is 12.7. The first-order valence-electron chi connectivity index (χ1n) is 8.31. The Balaban J connectivity index is 1.47. The van der Waals surface area contributed by atoms with Crippen molar-refractivity contribution in [3.63, 3.8) is 0 Å². The summed E-state index contributed by atoms with van der Waals surface area (Å²) in [7, 11) is 3.11. The molecule has 1 aromatic heterocycles. The number of carbonyl (C=O) groups is 1. The van der Waals surface area contributed by atoms with Gasteiger partial charge < -0.3 is 20.1 Å². The summed E-state index contributed by atoms with van der Waals surface area (Å²) in [6, 6.07) is 13.2. The van der Waals surface area contributed by atoms with E-state index in [1.807, 2.05) is 12.1 Å². The normalized spacial score (nSPS) is 10.5. The van der Waals surface area contributed by atoms with Crippen molar-refractivity contribution in [2.24, 2.45) is 0 Å². The van der Waals surface area contributed by atoms with Crippen molar-refractivity contribution in [1.82, 2.24) is 9.69 Å². The van der Waals surface area contributed by atoms with E-state index >= 15 is 0 Å². The molecule has 0 atom stereocenters. The average molecular weight is 371 g/mol. The zero-order chi connectivity index (χ0) is 18.4. The molecule has 0 unspecified atom stereocenters. The number of amides is 1. The van der Waals surface area contributed by atoms with Gasteiger partial charge in [-0.05, 0) is 48.3 Å². The van der Waals surface area contributed by atoms with Crippen LogP contribution in [0.4, 0.5) is 5.82 Å². The van der Waals surface area contributed by atoms with Gasteiger partial charge in [0.25, 0.3) is 5.91 Å². The number of aromatic nitrogens is 1. The standard InChI is InChI=1S/C19H21N3O3S/c1-24-15-9-8-13(12-16(15)25-2)19(23)21-11-5-10-20-18-14-6-3-4-7-17(14)26-22-18/h3-4,6-9,12H,5,10-11H2,1-2H3,(H,20,22)(H,21,23). The Labute approximate surface area is 156 Å². The lowest BCUT2D eigenvalue weighted by molar-refractivity contribution is 0.0953. The number of methoxy groups -OCH3 is 2. The van der Waals surface area contributed by atoms with Gasteiger partial charge in [-0.1, -0.05) is 12.1 Å². The molecule has 7 heteroatoms. The van der Waals surface area contributed by atoms with Gasteiger partial charge in [-0.2, -0.15) is 4.37 Å². The van der Waals surface area contributed by atoms with Crippen LogP contribution in [0.2, 0.25) is 0 Å². The number of ether oxygens (including phenoxy) is 2. The van der Waals surface area contributed by atoms with Crippen LogP contribution in [-0.4, -0.2) is 37.6 Å². The third kappa shape index (κ3) is 4.05. The zero-order valence-corrected chi connectivity index (χ0v) is 15.6. The SMILES string of the molecule is COc1ccc(C(=O)NCCCNc2nsc3ccccc23)cc1OC. The molecule has 2 N–H and O–H groups in total. The quantitative estimate of drug-likeness (QED) is 0.593. The lowest BCUT2D eigenvalue weighted by Gasteiger charge is -2.10. The summed E-state index contributed by atoms with van der Waals surface area (Å²) < 4.78 is 16.0. The molecule has 2 aromatic carbocycles. The van der Waals surface area contributed by atoms with Crippen LogP contribution in [-0.2, 0) is 0 Å². The van der Waals surface area contributed by atoms with Crippen LogP contribution in [0, 0.1) is 0 Å². The fraction of sp³-hybridized carbons (Fsp3) is 0.263. The van der Waals surface area contributed by atoms with E-state index in [0.29, 0.717) is 23.6 Å². The molecule has 0 saturated carbocycles. The molecule has 0 radical (unpaired) electrons. The predicted molar refractivity (Wildman–Crippen MR) is 105 cm³/mol. The van der Waals surface area contributed by atoms with Crippen LogP contribution in [0.15, 0.2) is 42.5 Å². The minimum atomic E-state index is -0.134. The summed E-state index contributed by atoms with van der Waals surface area (Å²) >= 11 is 1.48. The molecule has 26 heavy (non-hydrogen) atoms. The molecule has 0 fully saturated rings. The van der Waals surface area contributed by atoms with Crippen molar-refractivity contribution < 1.29 is 14.3 Å². The van der Waals surface area contributed by atoms with Crippen molar-refractivity contribution in [2.45, 2.75) is 6.42 Å². The lowest BCUT2D eigenvalue weighted by Crippen LogP contribution is -2.25. The van der Waals surface area contributed by atoms with Gasteiger partial charge in [0.05, 0.1) is 18.9 Å². The number of nitrogens with one attached hydrogen (secondary N) is 2. The maximum atomic E-state index is 12.2. The largest absolute Gasteiger partial charge is 0.493 e. The molecular formula is C19H21N3O3S. The van der Waals surface area contributed by atoms with Crippen LogP contribution >= 0.6 is 11.5 Å². The molecule has 3 rings (SSSR count). The van der Waals surface area contributed by atoms with E-state index in [0.717, 1.165) is 28.9 Å². The van der Waals surface area contributed by atoms with Gasteiger partial charge in [0, 0.05) is 24.0 Å². The van der Waals surface area contributed by atoms with Crippen molar-refractivity contribution in [3.05, 3.63) is 48.0 Å². The fourth-order valence-electron chi connectivity index (χ4n) is 2.59. The van der Waals surface area contributed by atoms with Gasteiger partial charge in [-0.3, -0.25) is 4.79 Å². The highest BCUT2D eigenvalue weighted by molar-refractivity contribution is 7.13. The minimum Gasteiger partial charge on any atom is -0.493 e. The van der Waals surface area contributed by atoms with E-state index in [1.54, 1.807) is 32.4 Å². The van der Waals surface area contributed by atoms with E-state index in [1.165, 1.54) is 11.5 Å². The summed E-state index contributed by atoms with van der Waals surface area (Å²) in [5.41, 5.74) is 0.543. The van der Waals surface area contributed by atoms with Crippen LogP contribution in [0.25, 0.3) is 10.1 Å². The van der Waals surface area contributed by atoms with Gasteiger partial charge in [-0.15, -0.1) is 0 Å². The van der Waals surface area contributed by atoms with Gasteiger partial charge >= 0.3 is 0 Å². The van der Waals surface area contributed by atoms with E-state index in [2.05, 4.69) is 27.1 Å². The molecule has 1 heterocycles. The highest BCUT2D eigenvalue weighted by atomic mass is 32.1. The number of anilines is 1. The predicted octanol–water partition coefficient (Wildman–Crippen LogP) is 3.55. The number of fused-ring (bicyclic) bond motifs is 1. The highest BCUT2D eigenvalue weighted by Crippen LogP contribution is 2.27. The Morgan fingerprint density at radius 2 is 1.88 bits per heavy atom. The van der Waals surface area contributed by atoms with Crippen molar-refractivity contribution >= 4 is 33.3 Å². The Hall–Kier alpha value is -2.80. The number of rotatable bonds is 8. The fourth-order valence-corrected chi connectivity index (χ4v) is 3.35. The molecule has 6 nitrogen and oxygen atoms in total. The molecule has 3 aromatic rings. The van der Waals surface area contributed by atoms with Gasteiger partial charge in [0.1, 0.15) is 5.82 Å². The van der Waals surface area contributed by atoms with Crippen molar-refractivity contribution in [1.29, 1.82) is 0 Å². The Kier molecular flexibility index (Phi) is 5.91. The van der Waals surface area contributed by atoms with E-state index < -0.39 is 0 Å². The monoisotopic (exact) mass is 371 g/mol. The molecule has 0 saturated heterocycles. The summed E-state index contributed by atoms with van der Waals surface area (Å²) in [5, 5.41) is 7.37. The highest BCUT2D eigenvalue weighted by Gasteiger charge is 2.10. The maximum absolute atomic E-state index is 12.2. The molecule has 0 spiro atoms. The summed E-state index contributed by atoms with van der Waals surface area (Å²) in [6.07, 6.45) is 0.797. The molecule has 136 valence electrons. The van der Waals surface area contributed by atoms with Crippen LogP contribution in [0.3, 0.4) is 0 Å². The first kappa shape index (κ1) is 18.0. The molecular weight excluding hydrogens is 350 g/mol. The summed E-state index contributed by atoms with van der Waals surface area (Å²) in [6.45, 7) is 1.31. The van der Waals surface area contributed by atoms with Crippen LogP contribution < -0.4 is 20.1 Å². The van der Waals surface area contributed by atoms with Crippen molar-refractivity contribution in [3.8, 4) is 11.5 Å². The Morgan fingerprint density at radius 3 is 2.69 bits per heavy atom. The lowest BCUT2D eigenvalue weighted by atomic mass is 10.2. The van der Waals surface area contributed by atoms with Crippen LogP contribution in [0.5, 0.6) is 11.5 Å². The molecule has 0 aliphatic heterocycles. The molecule has 0 bridgehead atoms. The second kappa shape index (κ2) is 8.53. The molecule has 0 aliphatic carbocycles. The maximum Gasteiger partial charge on any atom is 0.251 e. The molecule has 0 aliphatic rings. The van der Waals surface area contributed by atoms with E-state index in [9.17, 15) is 4.79 Å². The number of carbonyl (C=O) groups excluding carboxylic acids is 1. The average Bonchev–Trinajstić information content (AvgIpc) is 3.10. The summed E-state index contributed by atoms with van der Waals surface area (Å²) in [4.78, 5) is 12.2. The number of hydrogen-bond acceptors (Lipinski definition) is 6. The van der Waals surface area contributed by atoms with Crippen molar-refractivity contribution in [2.75, 3.05) is 32.6 Å². The van der Waals surface area contributed by atoms with Crippen LogP contribution in [0.1, 0.15) is 16.8 Å².